The smallest absolute Gasteiger partial charge is 0.368 e. The number of fused-ring (bicyclic) bond motifs is 1. The van der Waals surface area contributed by atoms with E-state index in [2.05, 4.69) is 20.2 Å². The van der Waals surface area contributed by atoms with E-state index in [9.17, 15) is 13.2 Å². The van der Waals surface area contributed by atoms with Crippen molar-refractivity contribution in [2.24, 2.45) is 0 Å². The first-order chi connectivity index (χ1) is 14.8. The van der Waals surface area contributed by atoms with E-state index in [-0.39, 0.29) is 0 Å². The number of nitrogens with zero attached hydrogens (tertiary/aromatic N) is 4. The summed E-state index contributed by atoms with van der Waals surface area (Å²) in [5.74, 6) is 0.649. The quantitative estimate of drug-likeness (QED) is 0.468. The molecule has 0 spiro atoms. The van der Waals surface area contributed by atoms with Crippen LogP contribution in [0, 0.1) is 0 Å². The van der Waals surface area contributed by atoms with Gasteiger partial charge in [-0.3, -0.25) is 0 Å². The average Bonchev–Trinajstić information content (AvgIpc) is 3.14. The summed E-state index contributed by atoms with van der Waals surface area (Å²) in [6.45, 7) is 1.47. The largest absolute Gasteiger partial charge is 0.416 e. The molecule has 4 aromatic rings. The van der Waals surface area contributed by atoms with E-state index in [4.69, 9.17) is 0 Å². The average molecular weight is 425 g/mol. The number of alkyl halides is 3. The van der Waals surface area contributed by atoms with Crippen LogP contribution < -0.4 is 5.32 Å². The zero-order chi connectivity index (χ0) is 22.0. The zero-order valence-corrected chi connectivity index (χ0v) is 17.2. The van der Waals surface area contributed by atoms with Crippen LogP contribution in [0.25, 0.3) is 27.8 Å². The SMILES string of the molecule is CN(C)CCNc1ncnc2c1c(-c1ccccc1)cn2-c1cccc(C(F)(F)F)c1. The number of halogens is 3. The van der Waals surface area contributed by atoms with Crippen molar-refractivity contribution < 1.29 is 13.2 Å². The first kappa shape index (κ1) is 20.9. The van der Waals surface area contributed by atoms with Crippen molar-refractivity contribution >= 4 is 16.9 Å². The highest BCUT2D eigenvalue weighted by Gasteiger charge is 2.30. The van der Waals surface area contributed by atoms with Gasteiger partial charge in [0.2, 0.25) is 0 Å². The Kier molecular flexibility index (Phi) is 5.65. The third kappa shape index (κ3) is 4.39. The molecule has 2 aromatic carbocycles. The first-order valence-corrected chi connectivity index (χ1v) is 9.82. The molecule has 1 N–H and O–H groups in total. The number of hydrogen-bond acceptors (Lipinski definition) is 4. The van der Waals surface area contributed by atoms with Crippen LogP contribution in [-0.4, -0.2) is 46.6 Å². The second kappa shape index (κ2) is 8.39. The Balaban J connectivity index is 1.90. The van der Waals surface area contributed by atoms with E-state index in [1.807, 2.05) is 50.6 Å². The summed E-state index contributed by atoms with van der Waals surface area (Å²) in [5, 5.41) is 4.11. The maximum Gasteiger partial charge on any atom is 0.416 e. The van der Waals surface area contributed by atoms with Gasteiger partial charge in [0.1, 0.15) is 12.1 Å². The van der Waals surface area contributed by atoms with Gasteiger partial charge in [-0.05, 0) is 37.9 Å². The maximum atomic E-state index is 13.3. The fourth-order valence-electron chi connectivity index (χ4n) is 3.46. The van der Waals surface area contributed by atoms with E-state index in [1.54, 1.807) is 10.6 Å². The Morgan fingerprint density at radius 3 is 2.48 bits per heavy atom. The summed E-state index contributed by atoms with van der Waals surface area (Å²) in [6.07, 6.45) is -1.17. The van der Waals surface area contributed by atoms with Gasteiger partial charge < -0.3 is 14.8 Å². The van der Waals surface area contributed by atoms with Crippen molar-refractivity contribution in [1.29, 1.82) is 0 Å². The number of hydrogen-bond donors (Lipinski definition) is 1. The third-order valence-corrected chi connectivity index (χ3v) is 4.97. The zero-order valence-electron chi connectivity index (χ0n) is 17.2. The molecule has 0 atom stereocenters. The predicted molar refractivity (Wildman–Crippen MR) is 116 cm³/mol. The molecule has 4 rings (SSSR count). The first-order valence-electron chi connectivity index (χ1n) is 9.82. The van der Waals surface area contributed by atoms with E-state index in [0.717, 1.165) is 35.2 Å². The van der Waals surface area contributed by atoms with Gasteiger partial charge >= 0.3 is 6.18 Å². The van der Waals surface area contributed by atoms with Crippen molar-refractivity contribution in [3.8, 4) is 16.8 Å². The van der Waals surface area contributed by atoms with Crippen molar-refractivity contribution in [3.05, 3.63) is 72.7 Å². The van der Waals surface area contributed by atoms with Crippen molar-refractivity contribution in [2.45, 2.75) is 6.18 Å². The van der Waals surface area contributed by atoms with Crippen LogP contribution in [0.15, 0.2) is 67.1 Å². The molecule has 5 nitrogen and oxygen atoms in total. The topological polar surface area (TPSA) is 46.0 Å². The highest BCUT2D eigenvalue weighted by atomic mass is 19.4. The van der Waals surface area contributed by atoms with Gasteiger partial charge in [0.15, 0.2) is 5.65 Å². The molecular formula is C23H22F3N5. The fraction of sp³-hybridized carbons (Fsp3) is 0.217. The number of nitrogens with one attached hydrogen (secondary N) is 1. The Bertz CT molecular complexity index is 1180. The normalized spacial score (nSPS) is 11.9. The number of rotatable bonds is 6. The summed E-state index contributed by atoms with van der Waals surface area (Å²) < 4.78 is 41.5. The molecule has 0 fully saturated rings. The summed E-state index contributed by atoms with van der Waals surface area (Å²) >= 11 is 0. The van der Waals surface area contributed by atoms with E-state index >= 15 is 0 Å². The molecule has 0 amide bonds. The molecule has 0 aliphatic heterocycles. The van der Waals surface area contributed by atoms with Gasteiger partial charge in [-0.25, -0.2) is 9.97 Å². The van der Waals surface area contributed by atoms with Crippen LogP contribution in [-0.2, 0) is 6.18 Å². The van der Waals surface area contributed by atoms with Gasteiger partial charge in [0.25, 0.3) is 0 Å². The third-order valence-electron chi connectivity index (χ3n) is 4.97. The minimum atomic E-state index is -4.42. The summed E-state index contributed by atoms with van der Waals surface area (Å²) in [7, 11) is 3.97. The Morgan fingerprint density at radius 1 is 1.00 bits per heavy atom. The minimum absolute atomic E-state index is 0.389. The number of benzene rings is 2. The highest BCUT2D eigenvalue weighted by Crippen LogP contribution is 2.36. The summed E-state index contributed by atoms with van der Waals surface area (Å²) in [4.78, 5) is 10.9. The van der Waals surface area contributed by atoms with Gasteiger partial charge in [0.05, 0.1) is 10.9 Å². The standard InChI is InChI=1S/C23H22F3N5/c1-30(2)12-11-27-21-20-19(16-7-4-3-5-8-16)14-31(22(20)29-15-28-21)18-10-6-9-17(13-18)23(24,25)26/h3-10,13-15H,11-12H2,1-2H3,(H,27,28,29). The molecule has 160 valence electrons. The molecule has 8 heteroatoms. The van der Waals surface area contributed by atoms with Crippen LogP contribution in [0.2, 0.25) is 0 Å². The van der Waals surface area contributed by atoms with E-state index < -0.39 is 11.7 Å². The monoisotopic (exact) mass is 425 g/mol. The molecular weight excluding hydrogens is 403 g/mol. The molecule has 2 aromatic heterocycles. The molecule has 0 aliphatic carbocycles. The van der Waals surface area contributed by atoms with Gasteiger partial charge in [-0.15, -0.1) is 0 Å². The number of anilines is 1. The number of aromatic nitrogens is 3. The van der Waals surface area contributed by atoms with Gasteiger partial charge in [-0.1, -0.05) is 36.4 Å². The molecule has 0 radical (unpaired) electrons. The molecule has 31 heavy (non-hydrogen) atoms. The molecule has 0 saturated heterocycles. The van der Waals surface area contributed by atoms with Crippen LogP contribution in [0.1, 0.15) is 5.56 Å². The van der Waals surface area contributed by atoms with Gasteiger partial charge in [0, 0.05) is 30.5 Å². The molecule has 0 saturated carbocycles. The lowest BCUT2D eigenvalue weighted by atomic mass is 10.1. The summed E-state index contributed by atoms with van der Waals surface area (Å²) in [5.41, 5.74) is 2.01. The van der Waals surface area contributed by atoms with Crippen LogP contribution in [0.3, 0.4) is 0 Å². The van der Waals surface area contributed by atoms with Gasteiger partial charge in [-0.2, -0.15) is 13.2 Å². The second-order valence-electron chi connectivity index (χ2n) is 7.48. The fourth-order valence-corrected chi connectivity index (χ4v) is 3.46. The molecule has 0 aliphatic rings. The van der Waals surface area contributed by atoms with Crippen molar-refractivity contribution in [2.75, 3.05) is 32.5 Å². The Morgan fingerprint density at radius 2 is 1.77 bits per heavy atom. The van der Waals surface area contributed by atoms with E-state index in [1.165, 1.54) is 12.4 Å². The van der Waals surface area contributed by atoms with Crippen molar-refractivity contribution in [1.82, 2.24) is 19.4 Å². The summed E-state index contributed by atoms with van der Waals surface area (Å²) in [6, 6.07) is 14.9. The van der Waals surface area contributed by atoms with Crippen LogP contribution >= 0.6 is 0 Å². The Labute approximate surface area is 178 Å². The predicted octanol–water partition coefficient (Wildman–Crippen LogP) is 5.08. The minimum Gasteiger partial charge on any atom is -0.368 e. The van der Waals surface area contributed by atoms with Crippen molar-refractivity contribution in [3.63, 3.8) is 0 Å². The maximum absolute atomic E-state index is 13.3. The number of likely N-dealkylation sites (N-methyl/N-ethyl adjacent to an activating group) is 1. The van der Waals surface area contributed by atoms with Crippen LogP contribution in [0.4, 0.5) is 19.0 Å². The lowest BCUT2D eigenvalue weighted by molar-refractivity contribution is -0.137. The lowest BCUT2D eigenvalue weighted by Gasteiger charge is -2.12. The highest BCUT2D eigenvalue weighted by molar-refractivity contribution is 6.02. The molecule has 2 heterocycles. The second-order valence-corrected chi connectivity index (χ2v) is 7.48. The van der Waals surface area contributed by atoms with Crippen LogP contribution in [0.5, 0.6) is 0 Å². The Hall–Kier alpha value is -3.39. The molecule has 0 unspecified atom stereocenters. The van der Waals surface area contributed by atoms with E-state index in [0.29, 0.717) is 23.7 Å². The lowest BCUT2D eigenvalue weighted by Crippen LogP contribution is -2.21. The molecule has 0 bridgehead atoms.